The van der Waals surface area contributed by atoms with Crippen LogP contribution in [0, 0.1) is 5.92 Å². The van der Waals surface area contributed by atoms with Crippen molar-refractivity contribution in [3.8, 4) is 5.75 Å². The van der Waals surface area contributed by atoms with Crippen molar-refractivity contribution in [3.63, 3.8) is 0 Å². The highest BCUT2D eigenvalue weighted by Gasteiger charge is 2.36. The van der Waals surface area contributed by atoms with Crippen molar-refractivity contribution >= 4 is 51.2 Å². The fourth-order valence-electron chi connectivity index (χ4n) is 3.81. The molecule has 0 spiro atoms. The monoisotopic (exact) mass is 579 g/mol. The summed E-state index contributed by atoms with van der Waals surface area (Å²) in [7, 11) is 1.28. The summed E-state index contributed by atoms with van der Waals surface area (Å²) in [4.78, 5) is 62.8. The lowest BCUT2D eigenvalue weighted by molar-refractivity contribution is -0.147. The molecule has 0 radical (unpaired) electrons. The van der Waals surface area contributed by atoms with Crippen LogP contribution in [0.3, 0.4) is 0 Å². The zero-order valence-electron chi connectivity index (χ0n) is 20.2. The van der Waals surface area contributed by atoms with Gasteiger partial charge in [0, 0.05) is 28.7 Å². The number of ketones is 1. The lowest BCUT2D eigenvalue weighted by Gasteiger charge is -2.16. The van der Waals surface area contributed by atoms with Crippen molar-refractivity contribution in [2.75, 3.05) is 25.2 Å². The van der Waals surface area contributed by atoms with E-state index in [0.29, 0.717) is 16.8 Å². The lowest BCUT2D eigenvalue weighted by atomic mass is 10.1. The number of Topliss-reactive ketones (excluding diaryl/α,β-unsaturated/α-hetero) is 1. The number of amides is 1. The Morgan fingerprint density at radius 1 is 0.842 bits per heavy atom. The van der Waals surface area contributed by atoms with Crippen molar-refractivity contribution in [1.82, 2.24) is 0 Å². The van der Waals surface area contributed by atoms with Gasteiger partial charge in [0.25, 0.3) is 0 Å². The molecule has 0 saturated carbocycles. The van der Waals surface area contributed by atoms with Gasteiger partial charge in [-0.2, -0.15) is 0 Å². The molecular formula is C28H22BrNO8. The first-order valence-electron chi connectivity index (χ1n) is 11.5. The van der Waals surface area contributed by atoms with Crippen molar-refractivity contribution in [2.24, 2.45) is 5.92 Å². The van der Waals surface area contributed by atoms with E-state index in [2.05, 4.69) is 20.7 Å². The van der Waals surface area contributed by atoms with Gasteiger partial charge in [-0.1, -0.05) is 15.9 Å². The molecule has 10 heteroatoms. The first-order valence-corrected chi connectivity index (χ1v) is 12.3. The molecule has 0 aliphatic carbocycles. The van der Waals surface area contributed by atoms with Crippen molar-refractivity contribution in [2.45, 2.75) is 6.42 Å². The Morgan fingerprint density at radius 3 is 2.05 bits per heavy atom. The second kappa shape index (κ2) is 11.8. The summed E-state index contributed by atoms with van der Waals surface area (Å²) in [6.45, 7) is -0.392. The maximum atomic E-state index is 12.5. The van der Waals surface area contributed by atoms with Gasteiger partial charge in [-0.05, 0) is 72.8 Å². The van der Waals surface area contributed by atoms with E-state index in [0.717, 1.165) is 4.47 Å². The van der Waals surface area contributed by atoms with Crippen LogP contribution in [-0.4, -0.2) is 49.9 Å². The molecule has 38 heavy (non-hydrogen) atoms. The fraction of sp³-hybridized carbons (Fsp3) is 0.179. The van der Waals surface area contributed by atoms with Crippen LogP contribution in [0.4, 0.5) is 5.69 Å². The Labute approximate surface area is 226 Å². The molecule has 4 rings (SSSR count). The summed E-state index contributed by atoms with van der Waals surface area (Å²) >= 11 is 3.30. The third-order valence-corrected chi connectivity index (χ3v) is 6.40. The summed E-state index contributed by atoms with van der Waals surface area (Å²) in [5.74, 6) is -2.86. The van der Waals surface area contributed by atoms with Gasteiger partial charge >= 0.3 is 17.9 Å². The second-order valence-corrected chi connectivity index (χ2v) is 9.31. The summed E-state index contributed by atoms with van der Waals surface area (Å²) in [5.41, 5.74) is 1.53. The number of hydrogen-bond acceptors (Lipinski definition) is 8. The van der Waals surface area contributed by atoms with Gasteiger partial charge in [0.1, 0.15) is 5.75 Å². The Hall–Kier alpha value is -4.31. The smallest absolute Gasteiger partial charge is 0.343 e. The number of nitrogens with zero attached hydrogens (tertiary/aromatic N) is 1. The van der Waals surface area contributed by atoms with Crippen LogP contribution in [0.5, 0.6) is 5.75 Å². The molecule has 0 bridgehead atoms. The molecule has 9 nitrogen and oxygen atoms in total. The van der Waals surface area contributed by atoms with E-state index in [4.69, 9.17) is 9.47 Å². The van der Waals surface area contributed by atoms with Crippen LogP contribution in [0.1, 0.15) is 37.5 Å². The number of methoxy groups -OCH3 is 1. The molecule has 3 aromatic rings. The summed E-state index contributed by atoms with van der Waals surface area (Å²) in [5, 5.41) is 0. The molecule has 1 atom stereocenters. The number of rotatable bonds is 8. The minimum atomic E-state index is -0.726. The average molecular weight is 580 g/mol. The Bertz CT molecular complexity index is 1370. The largest absolute Gasteiger partial charge is 0.465 e. The van der Waals surface area contributed by atoms with Gasteiger partial charge in [-0.25, -0.2) is 9.59 Å². The van der Waals surface area contributed by atoms with Gasteiger partial charge in [0.05, 0.1) is 24.2 Å². The highest BCUT2D eigenvalue weighted by atomic mass is 79.9. The van der Waals surface area contributed by atoms with Gasteiger partial charge < -0.3 is 19.1 Å². The first-order chi connectivity index (χ1) is 18.2. The second-order valence-electron chi connectivity index (χ2n) is 8.40. The SMILES string of the molecule is COC(=O)c1ccc(N2C[C@H](C(=O)OCC(=O)c3ccc(OC(=O)c4ccc(Br)cc4)cc3)CC2=O)cc1. The standard InChI is InChI=1S/C28H22BrNO8/c1-36-26(33)18-4-10-22(11-5-18)30-15-20(14-25(30)32)27(34)37-16-24(31)17-6-12-23(13-7-17)38-28(35)19-2-8-21(29)9-3-19/h2-13,20H,14-16H2,1H3/t20-/m1/s1. The topological polar surface area (TPSA) is 116 Å². The van der Waals surface area contributed by atoms with Crippen LogP contribution in [-0.2, 0) is 19.1 Å². The van der Waals surface area contributed by atoms with E-state index in [1.54, 1.807) is 36.4 Å². The van der Waals surface area contributed by atoms with Crippen molar-refractivity contribution in [1.29, 1.82) is 0 Å². The molecular weight excluding hydrogens is 558 g/mol. The number of esters is 3. The zero-order chi connectivity index (χ0) is 27.2. The molecule has 1 heterocycles. The predicted molar refractivity (Wildman–Crippen MR) is 139 cm³/mol. The molecule has 1 saturated heterocycles. The summed E-state index contributed by atoms with van der Waals surface area (Å²) in [6, 6.07) is 18.9. The lowest BCUT2D eigenvalue weighted by Crippen LogP contribution is -2.27. The number of anilines is 1. The molecule has 194 valence electrons. The van der Waals surface area contributed by atoms with Gasteiger partial charge in [-0.15, -0.1) is 0 Å². The summed E-state index contributed by atoms with van der Waals surface area (Å²) in [6.07, 6.45) is -0.0514. The van der Waals surface area contributed by atoms with Crippen LogP contribution in [0.2, 0.25) is 0 Å². The minimum Gasteiger partial charge on any atom is -0.465 e. The van der Waals surface area contributed by atoms with E-state index in [-0.39, 0.29) is 30.2 Å². The van der Waals surface area contributed by atoms with Crippen molar-refractivity contribution in [3.05, 3.63) is 94.0 Å². The Balaban J connectivity index is 1.28. The van der Waals surface area contributed by atoms with Gasteiger partial charge in [-0.3, -0.25) is 14.4 Å². The Kier molecular flexibility index (Phi) is 8.32. The van der Waals surface area contributed by atoms with Gasteiger partial charge in [0.2, 0.25) is 5.91 Å². The quantitative estimate of drug-likeness (QED) is 0.221. The summed E-state index contributed by atoms with van der Waals surface area (Å²) < 4.78 is 16.0. The van der Waals surface area contributed by atoms with E-state index in [1.807, 2.05) is 0 Å². The molecule has 1 aliphatic heterocycles. The average Bonchev–Trinajstić information content (AvgIpc) is 3.33. The fourth-order valence-corrected chi connectivity index (χ4v) is 4.07. The maximum absolute atomic E-state index is 12.5. The highest BCUT2D eigenvalue weighted by molar-refractivity contribution is 9.10. The molecule has 1 aliphatic rings. The zero-order valence-corrected chi connectivity index (χ0v) is 21.8. The molecule has 1 amide bonds. The first kappa shape index (κ1) is 26.7. The Morgan fingerprint density at radius 2 is 1.42 bits per heavy atom. The predicted octanol–water partition coefficient (Wildman–Crippen LogP) is 4.23. The normalized spacial score (nSPS) is 14.6. The van der Waals surface area contributed by atoms with Crippen LogP contribution < -0.4 is 9.64 Å². The third-order valence-electron chi connectivity index (χ3n) is 5.87. The number of benzene rings is 3. The van der Waals surface area contributed by atoms with Gasteiger partial charge in [0.15, 0.2) is 12.4 Å². The van der Waals surface area contributed by atoms with Crippen molar-refractivity contribution < 1.29 is 38.2 Å². The minimum absolute atomic E-state index is 0.0514. The highest BCUT2D eigenvalue weighted by Crippen LogP contribution is 2.26. The van der Waals surface area contributed by atoms with E-state index < -0.39 is 36.2 Å². The maximum Gasteiger partial charge on any atom is 0.343 e. The molecule has 0 N–H and O–H groups in total. The third kappa shape index (κ3) is 6.33. The van der Waals surface area contributed by atoms with E-state index in [9.17, 15) is 24.0 Å². The van der Waals surface area contributed by atoms with Crippen LogP contribution in [0.15, 0.2) is 77.3 Å². The molecule has 3 aromatic carbocycles. The number of carbonyl (C=O) groups is 5. The van der Waals surface area contributed by atoms with E-state index >= 15 is 0 Å². The van der Waals surface area contributed by atoms with E-state index in [1.165, 1.54) is 48.4 Å². The number of halogens is 1. The molecule has 0 unspecified atom stereocenters. The number of ether oxygens (including phenoxy) is 3. The van der Waals surface area contributed by atoms with Crippen LogP contribution in [0.25, 0.3) is 0 Å². The molecule has 0 aromatic heterocycles. The van der Waals surface area contributed by atoms with Crippen LogP contribution >= 0.6 is 15.9 Å². The number of carbonyl (C=O) groups excluding carboxylic acids is 5. The molecule has 1 fully saturated rings. The number of hydrogen-bond donors (Lipinski definition) is 0.